The number of aliphatic hydroxyl groups is 1. The van der Waals surface area contributed by atoms with E-state index in [1.165, 1.54) is 18.2 Å². The number of benzene rings is 1. The van der Waals surface area contributed by atoms with Crippen LogP contribution >= 0.6 is 0 Å². The normalized spacial score (nSPS) is 11.2. The highest BCUT2D eigenvalue weighted by Crippen LogP contribution is 2.20. The van der Waals surface area contributed by atoms with Gasteiger partial charge >= 0.3 is 6.09 Å². The van der Waals surface area contributed by atoms with Crippen LogP contribution in [0.2, 0.25) is 0 Å². The molecule has 0 radical (unpaired) electrons. The van der Waals surface area contributed by atoms with Crippen LogP contribution in [0.15, 0.2) is 18.2 Å². The zero-order chi connectivity index (χ0) is 17.3. The lowest BCUT2D eigenvalue weighted by Crippen LogP contribution is -2.33. The second-order valence-electron chi connectivity index (χ2n) is 6.25. The number of hydrogen-bond donors (Lipinski definition) is 2. The van der Waals surface area contributed by atoms with Crippen molar-refractivity contribution in [3.05, 3.63) is 29.6 Å². The summed E-state index contributed by atoms with van der Waals surface area (Å²) in [6, 6.07) is 4.08. The van der Waals surface area contributed by atoms with E-state index in [0.29, 0.717) is 24.5 Å². The van der Waals surface area contributed by atoms with Gasteiger partial charge in [-0.3, -0.25) is 0 Å². The van der Waals surface area contributed by atoms with E-state index >= 15 is 0 Å². The Kier molecular flexibility index (Phi) is 7.81. The molecule has 0 fully saturated rings. The maximum atomic E-state index is 13.1. The van der Waals surface area contributed by atoms with E-state index in [4.69, 9.17) is 14.6 Å². The molecule has 1 rings (SSSR count). The number of ether oxygens (including phenoxy) is 2. The molecule has 130 valence electrons. The van der Waals surface area contributed by atoms with Crippen molar-refractivity contribution in [2.75, 3.05) is 13.2 Å². The van der Waals surface area contributed by atoms with Gasteiger partial charge in [-0.25, -0.2) is 9.18 Å². The van der Waals surface area contributed by atoms with Gasteiger partial charge in [-0.15, -0.1) is 0 Å². The largest absolute Gasteiger partial charge is 0.493 e. The fourth-order valence-corrected chi connectivity index (χ4v) is 1.88. The van der Waals surface area contributed by atoms with Crippen molar-refractivity contribution >= 4 is 6.09 Å². The first kappa shape index (κ1) is 19.2. The number of aliphatic hydroxyl groups excluding tert-OH is 1. The van der Waals surface area contributed by atoms with Crippen LogP contribution in [-0.2, 0) is 11.3 Å². The molecule has 1 aromatic carbocycles. The lowest BCUT2D eigenvalue weighted by Gasteiger charge is -2.19. The average molecular weight is 327 g/mol. The Hall–Kier alpha value is -1.82. The summed E-state index contributed by atoms with van der Waals surface area (Å²) in [5, 5.41) is 11.8. The van der Waals surface area contributed by atoms with Crippen LogP contribution in [0.5, 0.6) is 5.75 Å². The third kappa shape index (κ3) is 8.40. The number of amides is 1. The number of nitrogens with one attached hydrogen (secondary N) is 1. The number of carbonyl (C=O) groups is 1. The van der Waals surface area contributed by atoms with Crippen LogP contribution in [0, 0.1) is 5.82 Å². The van der Waals surface area contributed by atoms with E-state index in [1.807, 2.05) is 20.8 Å². The maximum Gasteiger partial charge on any atom is 0.407 e. The molecule has 0 heterocycles. The van der Waals surface area contributed by atoms with Gasteiger partial charge in [0, 0.05) is 18.2 Å². The highest BCUT2D eigenvalue weighted by molar-refractivity contribution is 5.67. The summed E-state index contributed by atoms with van der Waals surface area (Å²) >= 11 is 0. The highest BCUT2D eigenvalue weighted by Gasteiger charge is 2.15. The van der Waals surface area contributed by atoms with Crippen molar-refractivity contribution in [2.45, 2.75) is 52.2 Å². The Morgan fingerprint density at radius 1 is 1.26 bits per heavy atom. The minimum absolute atomic E-state index is 0.185. The van der Waals surface area contributed by atoms with E-state index in [0.717, 1.165) is 19.3 Å². The molecule has 6 heteroatoms. The number of rotatable bonds is 8. The molecule has 23 heavy (non-hydrogen) atoms. The highest BCUT2D eigenvalue weighted by atomic mass is 19.1. The van der Waals surface area contributed by atoms with Gasteiger partial charge in [0.1, 0.15) is 17.2 Å². The van der Waals surface area contributed by atoms with Crippen LogP contribution in [0.1, 0.15) is 45.6 Å². The number of carbonyl (C=O) groups excluding carboxylic acids is 1. The van der Waals surface area contributed by atoms with Crippen molar-refractivity contribution < 1.29 is 23.8 Å². The van der Waals surface area contributed by atoms with Crippen molar-refractivity contribution in [1.29, 1.82) is 0 Å². The molecule has 0 atom stereocenters. The monoisotopic (exact) mass is 327 g/mol. The lowest BCUT2D eigenvalue weighted by molar-refractivity contribution is 0.0527. The molecule has 0 aliphatic heterocycles. The summed E-state index contributed by atoms with van der Waals surface area (Å²) in [6.45, 7) is 6.24. The summed E-state index contributed by atoms with van der Waals surface area (Å²) in [5.41, 5.74) is 0.0748. The zero-order valence-electron chi connectivity index (χ0n) is 14.0. The Labute approximate surface area is 136 Å². The third-order valence-corrected chi connectivity index (χ3v) is 2.95. The zero-order valence-corrected chi connectivity index (χ0v) is 14.0. The van der Waals surface area contributed by atoms with Gasteiger partial charge in [-0.1, -0.05) is 6.07 Å². The molecule has 0 saturated carbocycles. The first-order valence-electron chi connectivity index (χ1n) is 7.81. The van der Waals surface area contributed by atoms with Crippen molar-refractivity contribution in [3.8, 4) is 5.75 Å². The number of halogens is 1. The topological polar surface area (TPSA) is 67.8 Å². The Bertz CT molecular complexity index is 500. The summed E-state index contributed by atoms with van der Waals surface area (Å²) in [7, 11) is 0. The summed E-state index contributed by atoms with van der Waals surface area (Å²) in [5.74, 6) is -0.0156. The summed E-state index contributed by atoms with van der Waals surface area (Å²) < 4.78 is 23.8. The number of unbranched alkanes of at least 4 members (excludes halogenated alkanes) is 2. The van der Waals surface area contributed by atoms with E-state index in [2.05, 4.69) is 5.32 Å². The number of hydrogen-bond acceptors (Lipinski definition) is 4. The van der Waals surface area contributed by atoms with Crippen LogP contribution in [-0.4, -0.2) is 30.0 Å². The van der Waals surface area contributed by atoms with E-state index in [9.17, 15) is 9.18 Å². The van der Waals surface area contributed by atoms with E-state index < -0.39 is 17.5 Å². The molecule has 0 unspecified atom stereocenters. The Morgan fingerprint density at radius 2 is 2.00 bits per heavy atom. The molecule has 1 amide bonds. The average Bonchev–Trinajstić information content (AvgIpc) is 2.44. The Balaban J connectivity index is 2.14. The fourth-order valence-electron chi connectivity index (χ4n) is 1.88. The maximum absolute atomic E-state index is 13.1. The van der Waals surface area contributed by atoms with Crippen molar-refractivity contribution in [1.82, 2.24) is 5.32 Å². The number of alkyl carbamates (subject to hydrolysis) is 1. The molecular formula is C17H26FNO4. The molecule has 0 spiro atoms. The molecule has 0 aliphatic carbocycles. The van der Waals surface area contributed by atoms with Gasteiger partial charge < -0.3 is 19.9 Å². The van der Waals surface area contributed by atoms with Crippen molar-refractivity contribution in [3.63, 3.8) is 0 Å². The molecule has 0 bridgehead atoms. The predicted molar refractivity (Wildman–Crippen MR) is 85.9 cm³/mol. The first-order chi connectivity index (χ1) is 10.8. The lowest BCUT2D eigenvalue weighted by atomic mass is 10.2. The van der Waals surface area contributed by atoms with Crippen LogP contribution in [0.4, 0.5) is 9.18 Å². The fraction of sp³-hybridized carbons (Fsp3) is 0.588. The summed E-state index contributed by atoms with van der Waals surface area (Å²) in [4.78, 5) is 11.4. The molecule has 0 saturated heterocycles. The quantitative estimate of drug-likeness (QED) is 0.718. The smallest absolute Gasteiger partial charge is 0.407 e. The van der Waals surface area contributed by atoms with Gasteiger partial charge in [0.05, 0.1) is 13.2 Å². The van der Waals surface area contributed by atoms with E-state index in [1.54, 1.807) is 0 Å². The predicted octanol–water partition coefficient (Wildman–Crippen LogP) is 3.39. The second-order valence-corrected chi connectivity index (χ2v) is 6.25. The Morgan fingerprint density at radius 3 is 2.65 bits per heavy atom. The minimum atomic E-state index is -0.493. The van der Waals surface area contributed by atoms with E-state index in [-0.39, 0.29) is 6.61 Å². The molecule has 1 aromatic rings. The molecule has 0 aromatic heterocycles. The van der Waals surface area contributed by atoms with Gasteiger partial charge in [-0.2, -0.15) is 0 Å². The van der Waals surface area contributed by atoms with Gasteiger partial charge in [0.25, 0.3) is 0 Å². The standard InChI is InChI=1S/C17H26FNO4/c1-17(2,3)23-16(21)19-9-5-4-6-10-22-15-11-14(18)8-7-13(15)12-20/h7-8,11,20H,4-6,9-10,12H2,1-3H3,(H,19,21). The van der Waals surface area contributed by atoms with Crippen LogP contribution in [0.25, 0.3) is 0 Å². The molecular weight excluding hydrogens is 301 g/mol. The van der Waals surface area contributed by atoms with Crippen molar-refractivity contribution in [2.24, 2.45) is 0 Å². The minimum Gasteiger partial charge on any atom is -0.493 e. The van der Waals surface area contributed by atoms with Gasteiger partial charge in [-0.05, 0) is 46.1 Å². The van der Waals surface area contributed by atoms with Crippen LogP contribution in [0.3, 0.4) is 0 Å². The summed E-state index contributed by atoms with van der Waals surface area (Å²) in [6.07, 6.45) is 2.02. The molecule has 2 N–H and O–H groups in total. The molecule has 5 nitrogen and oxygen atoms in total. The second kappa shape index (κ2) is 9.35. The first-order valence-corrected chi connectivity index (χ1v) is 7.81. The van der Waals surface area contributed by atoms with Gasteiger partial charge in [0.2, 0.25) is 0 Å². The van der Waals surface area contributed by atoms with Crippen LogP contribution < -0.4 is 10.1 Å². The third-order valence-electron chi connectivity index (χ3n) is 2.95. The SMILES string of the molecule is CC(C)(C)OC(=O)NCCCCCOc1cc(F)ccc1CO. The molecule has 0 aliphatic rings. The van der Waals surface area contributed by atoms with Gasteiger partial charge in [0.15, 0.2) is 0 Å².